The van der Waals surface area contributed by atoms with Crippen molar-refractivity contribution in [1.82, 2.24) is 14.9 Å². The number of hydrogen-bond donors (Lipinski definition) is 1. The highest BCUT2D eigenvalue weighted by atomic mass is 16.2. The number of imidazole rings is 1. The second-order valence-corrected chi connectivity index (χ2v) is 6.49. The molecule has 2 aromatic rings. The third kappa shape index (κ3) is 2.32. The lowest BCUT2D eigenvalue weighted by Crippen LogP contribution is -2.42. The first-order chi connectivity index (χ1) is 10.7. The molecule has 0 unspecified atom stereocenters. The van der Waals surface area contributed by atoms with Crippen molar-refractivity contribution in [3.05, 3.63) is 53.1 Å². The fourth-order valence-electron chi connectivity index (χ4n) is 3.84. The second kappa shape index (κ2) is 5.27. The van der Waals surface area contributed by atoms with E-state index >= 15 is 0 Å². The van der Waals surface area contributed by atoms with Gasteiger partial charge in [-0.05, 0) is 37.3 Å². The first kappa shape index (κ1) is 13.6. The molecule has 1 aromatic heterocycles. The molecule has 1 amide bonds. The Hall–Kier alpha value is -2.10. The van der Waals surface area contributed by atoms with Crippen LogP contribution in [0, 0.1) is 6.92 Å². The zero-order valence-electron chi connectivity index (χ0n) is 12.9. The topological polar surface area (TPSA) is 46.9 Å². The van der Waals surface area contributed by atoms with Gasteiger partial charge in [0.1, 0.15) is 5.82 Å². The van der Waals surface area contributed by atoms with Gasteiger partial charge in [0, 0.05) is 25.2 Å². The molecule has 1 N–H and O–H groups in total. The Morgan fingerprint density at radius 3 is 3.05 bits per heavy atom. The van der Waals surface area contributed by atoms with Crippen LogP contribution >= 0.6 is 0 Å². The average molecular weight is 295 g/mol. The third-order valence-corrected chi connectivity index (χ3v) is 4.91. The van der Waals surface area contributed by atoms with E-state index in [0.717, 1.165) is 43.7 Å². The number of aryl methyl sites for hydroxylation is 3. The van der Waals surface area contributed by atoms with Gasteiger partial charge in [-0.25, -0.2) is 4.98 Å². The van der Waals surface area contributed by atoms with E-state index in [1.807, 2.05) is 13.0 Å². The van der Waals surface area contributed by atoms with Gasteiger partial charge in [0.15, 0.2) is 0 Å². The number of nitrogens with one attached hydrogen (secondary N) is 1. The van der Waals surface area contributed by atoms with E-state index in [1.54, 1.807) is 0 Å². The Kier molecular flexibility index (Phi) is 3.25. The predicted molar refractivity (Wildman–Crippen MR) is 84.7 cm³/mol. The summed E-state index contributed by atoms with van der Waals surface area (Å²) < 4.78 is 2.19. The highest BCUT2D eigenvalue weighted by Crippen LogP contribution is 2.33. The van der Waals surface area contributed by atoms with E-state index in [1.165, 1.54) is 11.1 Å². The van der Waals surface area contributed by atoms with Gasteiger partial charge in [-0.1, -0.05) is 24.3 Å². The van der Waals surface area contributed by atoms with Crippen molar-refractivity contribution >= 4 is 5.91 Å². The molecular formula is C18H21N3O. The maximum absolute atomic E-state index is 12.7. The van der Waals surface area contributed by atoms with Crippen LogP contribution in [-0.4, -0.2) is 21.5 Å². The van der Waals surface area contributed by atoms with E-state index < -0.39 is 0 Å². The Balaban J connectivity index is 1.45. The molecule has 2 heterocycles. The molecule has 0 saturated heterocycles. The van der Waals surface area contributed by atoms with Crippen molar-refractivity contribution in [2.75, 3.05) is 0 Å². The van der Waals surface area contributed by atoms with Crippen LogP contribution in [0.5, 0.6) is 0 Å². The molecule has 22 heavy (non-hydrogen) atoms. The molecule has 0 saturated carbocycles. The average Bonchev–Trinajstić information content (AvgIpc) is 3.09. The number of amides is 1. The fraction of sp³-hybridized carbons (Fsp3) is 0.444. The summed E-state index contributed by atoms with van der Waals surface area (Å²) in [7, 11) is 0. The van der Waals surface area contributed by atoms with E-state index in [0.29, 0.717) is 0 Å². The molecule has 0 spiro atoms. The zero-order valence-corrected chi connectivity index (χ0v) is 12.9. The minimum Gasteiger partial charge on any atom is -0.351 e. The van der Waals surface area contributed by atoms with Crippen LogP contribution in [0.15, 0.2) is 30.5 Å². The van der Waals surface area contributed by atoms with Gasteiger partial charge in [0.05, 0.1) is 11.6 Å². The van der Waals surface area contributed by atoms with Crippen LogP contribution < -0.4 is 5.32 Å². The molecule has 4 nitrogen and oxygen atoms in total. The smallest absolute Gasteiger partial charge is 0.227 e. The Morgan fingerprint density at radius 1 is 1.27 bits per heavy atom. The monoisotopic (exact) mass is 295 g/mol. The first-order valence-electron chi connectivity index (χ1n) is 8.11. The summed E-state index contributed by atoms with van der Waals surface area (Å²) in [5.41, 5.74) is 3.61. The summed E-state index contributed by atoms with van der Waals surface area (Å²) >= 11 is 0. The summed E-state index contributed by atoms with van der Waals surface area (Å²) in [5, 5.41) is 3.26. The summed E-state index contributed by atoms with van der Waals surface area (Å²) in [6.07, 6.45) is 5.96. The van der Waals surface area contributed by atoms with Gasteiger partial charge < -0.3 is 9.88 Å². The van der Waals surface area contributed by atoms with Crippen molar-refractivity contribution in [2.45, 2.75) is 51.1 Å². The number of fused-ring (bicyclic) bond motifs is 2. The maximum atomic E-state index is 12.7. The summed E-state index contributed by atoms with van der Waals surface area (Å²) in [6, 6.07) is 8.56. The van der Waals surface area contributed by atoms with E-state index in [4.69, 9.17) is 0 Å². The van der Waals surface area contributed by atoms with Crippen molar-refractivity contribution in [2.24, 2.45) is 0 Å². The number of carbonyl (C=O) groups excluding carboxylic acids is 1. The molecule has 2 atom stereocenters. The zero-order chi connectivity index (χ0) is 15.1. The number of aromatic nitrogens is 2. The first-order valence-corrected chi connectivity index (χ1v) is 8.11. The van der Waals surface area contributed by atoms with Crippen molar-refractivity contribution in [3.8, 4) is 0 Å². The fourth-order valence-corrected chi connectivity index (χ4v) is 3.84. The Morgan fingerprint density at radius 2 is 2.14 bits per heavy atom. The normalized spacial score (nSPS) is 23.0. The second-order valence-electron chi connectivity index (χ2n) is 6.49. The Bertz CT molecular complexity index is 719. The van der Waals surface area contributed by atoms with Gasteiger partial charge in [0.2, 0.25) is 5.91 Å². The van der Waals surface area contributed by atoms with Crippen LogP contribution in [0.2, 0.25) is 0 Å². The standard InChI is InChI=1S/C18H21N3O/c1-12-10-21-11-14(7-9-17(21)19-12)20-18(22)16-8-6-13-4-2-3-5-15(13)16/h2-5,10,14,16H,6-9,11H2,1H3,(H,20,22)/t14-,16+/m1/s1. The van der Waals surface area contributed by atoms with Crippen molar-refractivity contribution < 1.29 is 4.79 Å². The lowest BCUT2D eigenvalue weighted by molar-refractivity contribution is -0.123. The van der Waals surface area contributed by atoms with E-state index in [-0.39, 0.29) is 17.9 Å². The molecule has 2 aliphatic rings. The number of hydrogen-bond acceptors (Lipinski definition) is 2. The molecule has 0 bridgehead atoms. The van der Waals surface area contributed by atoms with Gasteiger partial charge in [-0.2, -0.15) is 0 Å². The van der Waals surface area contributed by atoms with E-state index in [9.17, 15) is 4.79 Å². The molecule has 1 aliphatic carbocycles. The van der Waals surface area contributed by atoms with Crippen LogP contribution in [0.4, 0.5) is 0 Å². The Labute approximate surface area is 130 Å². The van der Waals surface area contributed by atoms with Crippen LogP contribution in [-0.2, 0) is 24.2 Å². The molecule has 0 radical (unpaired) electrons. The molecule has 114 valence electrons. The number of rotatable bonds is 2. The maximum Gasteiger partial charge on any atom is 0.227 e. The largest absolute Gasteiger partial charge is 0.351 e. The van der Waals surface area contributed by atoms with Crippen LogP contribution in [0.3, 0.4) is 0 Å². The van der Waals surface area contributed by atoms with E-state index in [2.05, 4.69) is 39.3 Å². The lowest BCUT2D eigenvalue weighted by Gasteiger charge is -2.26. The number of nitrogens with zero attached hydrogens (tertiary/aromatic N) is 2. The van der Waals surface area contributed by atoms with Crippen LogP contribution in [0.25, 0.3) is 0 Å². The minimum atomic E-state index is 0.0297. The molecule has 1 aliphatic heterocycles. The summed E-state index contributed by atoms with van der Waals surface area (Å²) in [4.78, 5) is 17.2. The quantitative estimate of drug-likeness (QED) is 0.924. The summed E-state index contributed by atoms with van der Waals surface area (Å²) in [6.45, 7) is 2.87. The molecule has 4 heteroatoms. The molecular weight excluding hydrogens is 274 g/mol. The van der Waals surface area contributed by atoms with Gasteiger partial charge in [-0.15, -0.1) is 0 Å². The van der Waals surface area contributed by atoms with Crippen molar-refractivity contribution in [1.29, 1.82) is 0 Å². The number of benzene rings is 1. The minimum absolute atomic E-state index is 0.0297. The van der Waals surface area contributed by atoms with Gasteiger partial charge in [-0.3, -0.25) is 4.79 Å². The van der Waals surface area contributed by atoms with Crippen LogP contribution in [0.1, 0.15) is 41.4 Å². The van der Waals surface area contributed by atoms with Gasteiger partial charge >= 0.3 is 0 Å². The molecule has 0 fully saturated rings. The summed E-state index contributed by atoms with van der Waals surface area (Å²) in [5.74, 6) is 1.37. The SMILES string of the molecule is Cc1cn2c(n1)CC[C@@H](NC(=O)[C@H]1CCc3ccccc31)C2. The van der Waals surface area contributed by atoms with Crippen molar-refractivity contribution in [3.63, 3.8) is 0 Å². The lowest BCUT2D eigenvalue weighted by atomic mass is 9.99. The number of carbonyl (C=O) groups is 1. The van der Waals surface area contributed by atoms with Gasteiger partial charge in [0.25, 0.3) is 0 Å². The highest BCUT2D eigenvalue weighted by molar-refractivity contribution is 5.85. The predicted octanol–water partition coefficient (Wildman–Crippen LogP) is 2.35. The highest BCUT2D eigenvalue weighted by Gasteiger charge is 2.30. The molecule has 1 aromatic carbocycles. The third-order valence-electron chi connectivity index (χ3n) is 4.91. The molecule has 4 rings (SSSR count).